The summed E-state index contributed by atoms with van der Waals surface area (Å²) in [6, 6.07) is 2.38. The SMILES string of the molecule is COC(=O)C1CCCN(c2cc(F)c(I)cc2[N+](=O)[O-])C1. The van der Waals surface area contributed by atoms with Gasteiger partial charge >= 0.3 is 5.97 Å². The highest BCUT2D eigenvalue weighted by Gasteiger charge is 2.30. The van der Waals surface area contributed by atoms with Gasteiger partial charge in [-0.15, -0.1) is 0 Å². The minimum Gasteiger partial charge on any atom is -0.469 e. The van der Waals surface area contributed by atoms with E-state index in [9.17, 15) is 19.3 Å². The number of nitro benzene ring substituents is 1. The fourth-order valence-corrected chi connectivity index (χ4v) is 2.93. The van der Waals surface area contributed by atoms with Gasteiger partial charge in [0, 0.05) is 25.2 Å². The van der Waals surface area contributed by atoms with Crippen LogP contribution < -0.4 is 4.90 Å². The first-order chi connectivity index (χ1) is 9.93. The van der Waals surface area contributed by atoms with Crippen LogP contribution in [0.4, 0.5) is 15.8 Å². The van der Waals surface area contributed by atoms with Crippen molar-refractivity contribution in [3.63, 3.8) is 0 Å². The lowest BCUT2D eigenvalue weighted by Crippen LogP contribution is -2.39. The second-order valence-electron chi connectivity index (χ2n) is 4.82. The third kappa shape index (κ3) is 3.42. The van der Waals surface area contributed by atoms with Gasteiger partial charge in [-0.05, 0) is 35.4 Å². The molecule has 2 rings (SSSR count). The number of hydrogen-bond acceptors (Lipinski definition) is 5. The normalized spacial score (nSPS) is 18.4. The average Bonchev–Trinajstić information content (AvgIpc) is 2.48. The summed E-state index contributed by atoms with van der Waals surface area (Å²) in [5.41, 5.74) is 0.0674. The Morgan fingerprint density at radius 3 is 2.90 bits per heavy atom. The highest BCUT2D eigenvalue weighted by Crippen LogP contribution is 2.34. The monoisotopic (exact) mass is 408 g/mol. The molecule has 0 spiro atoms. The molecule has 0 aliphatic carbocycles. The number of nitrogens with zero attached hydrogens (tertiary/aromatic N) is 2. The Hall–Kier alpha value is -1.45. The van der Waals surface area contributed by atoms with E-state index in [-0.39, 0.29) is 26.8 Å². The molecule has 1 unspecified atom stereocenters. The van der Waals surface area contributed by atoms with Gasteiger partial charge in [0.15, 0.2) is 0 Å². The molecule has 1 aliphatic rings. The summed E-state index contributed by atoms with van der Waals surface area (Å²) in [6.45, 7) is 0.849. The van der Waals surface area contributed by atoms with E-state index in [0.29, 0.717) is 25.9 Å². The van der Waals surface area contributed by atoms with E-state index < -0.39 is 10.7 Å². The van der Waals surface area contributed by atoms with Gasteiger partial charge in [-0.3, -0.25) is 14.9 Å². The molecular weight excluding hydrogens is 394 g/mol. The molecule has 0 radical (unpaired) electrons. The number of carbonyl (C=O) groups is 1. The van der Waals surface area contributed by atoms with Crippen LogP contribution in [-0.2, 0) is 9.53 Å². The summed E-state index contributed by atoms with van der Waals surface area (Å²) in [5, 5.41) is 11.2. The van der Waals surface area contributed by atoms with Gasteiger partial charge in [-0.1, -0.05) is 0 Å². The Bertz CT molecular complexity index is 582. The van der Waals surface area contributed by atoms with Crippen molar-refractivity contribution in [2.45, 2.75) is 12.8 Å². The lowest BCUT2D eigenvalue weighted by atomic mass is 9.97. The summed E-state index contributed by atoms with van der Waals surface area (Å²) in [7, 11) is 1.31. The molecule has 21 heavy (non-hydrogen) atoms. The van der Waals surface area contributed by atoms with E-state index in [1.807, 2.05) is 0 Å². The third-order valence-corrected chi connectivity index (χ3v) is 4.34. The molecule has 6 nitrogen and oxygen atoms in total. The number of piperidine rings is 1. The van der Waals surface area contributed by atoms with Crippen LogP contribution in [-0.4, -0.2) is 31.1 Å². The number of ether oxygens (including phenoxy) is 1. The maximum atomic E-state index is 13.8. The highest BCUT2D eigenvalue weighted by molar-refractivity contribution is 14.1. The average molecular weight is 408 g/mol. The first-order valence-corrected chi connectivity index (χ1v) is 7.48. The Morgan fingerprint density at radius 2 is 2.29 bits per heavy atom. The summed E-state index contributed by atoms with van der Waals surface area (Å²) in [4.78, 5) is 23.9. The number of benzene rings is 1. The smallest absolute Gasteiger partial charge is 0.310 e. The summed E-state index contributed by atoms with van der Waals surface area (Å²) in [5.74, 6) is -1.18. The maximum absolute atomic E-state index is 13.8. The number of anilines is 1. The molecule has 0 bridgehead atoms. The van der Waals surface area contributed by atoms with Crippen LogP contribution >= 0.6 is 22.6 Å². The van der Waals surface area contributed by atoms with Crippen molar-refractivity contribution in [2.75, 3.05) is 25.1 Å². The van der Waals surface area contributed by atoms with E-state index >= 15 is 0 Å². The van der Waals surface area contributed by atoms with Gasteiger partial charge in [0.1, 0.15) is 11.5 Å². The lowest BCUT2D eigenvalue weighted by Gasteiger charge is -2.32. The van der Waals surface area contributed by atoms with Crippen molar-refractivity contribution in [3.8, 4) is 0 Å². The molecule has 1 aromatic rings. The summed E-state index contributed by atoms with van der Waals surface area (Å²) >= 11 is 1.72. The van der Waals surface area contributed by atoms with Crippen molar-refractivity contribution in [1.82, 2.24) is 0 Å². The second-order valence-corrected chi connectivity index (χ2v) is 5.98. The van der Waals surface area contributed by atoms with Gasteiger partial charge in [-0.2, -0.15) is 0 Å². The van der Waals surface area contributed by atoms with Crippen LogP contribution in [0.5, 0.6) is 0 Å². The molecular formula is C13H14FIN2O4. The van der Waals surface area contributed by atoms with E-state index in [1.165, 1.54) is 19.2 Å². The van der Waals surface area contributed by atoms with Crippen molar-refractivity contribution in [3.05, 3.63) is 31.6 Å². The van der Waals surface area contributed by atoms with Crippen molar-refractivity contribution in [1.29, 1.82) is 0 Å². The topological polar surface area (TPSA) is 72.7 Å². The molecule has 1 heterocycles. The Morgan fingerprint density at radius 1 is 1.57 bits per heavy atom. The van der Waals surface area contributed by atoms with Crippen LogP contribution in [0.3, 0.4) is 0 Å². The molecule has 1 atom stereocenters. The summed E-state index contributed by atoms with van der Waals surface area (Å²) in [6.07, 6.45) is 1.37. The Balaban J connectivity index is 2.34. The minimum atomic E-state index is -0.529. The van der Waals surface area contributed by atoms with Crippen LogP contribution in [0.25, 0.3) is 0 Å². The molecule has 1 saturated heterocycles. The molecule has 114 valence electrons. The Kier molecular flexibility index (Phi) is 4.96. The number of nitro groups is 1. The van der Waals surface area contributed by atoms with Crippen LogP contribution in [0.15, 0.2) is 12.1 Å². The number of carbonyl (C=O) groups excluding carboxylic acids is 1. The predicted octanol–water partition coefficient (Wildman–Crippen LogP) is 2.73. The lowest BCUT2D eigenvalue weighted by molar-refractivity contribution is -0.384. The van der Waals surface area contributed by atoms with Gasteiger partial charge < -0.3 is 9.64 Å². The fraction of sp³-hybridized carbons (Fsp3) is 0.462. The molecule has 1 aromatic carbocycles. The van der Waals surface area contributed by atoms with Crippen LogP contribution in [0, 0.1) is 25.4 Å². The number of esters is 1. The summed E-state index contributed by atoms with van der Waals surface area (Å²) < 4.78 is 18.7. The van der Waals surface area contributed by atoms with Gasteiger partial charge in [0.25, 0.3) is 5.69 Å². The molecule has 0 aromatic heterocycles. The van der Waals surface area contributed by atoms with Crippen molar-refractivity contribution >= 4 is 39.9 Å². The van der Waals surface area contributed by atoms with Gasteiger partial charge in [0.2, 0.25) is 0 Å². The van der Waals surface area contributed by atoms with Crippen molar-refractivity contribution in [2.24, 2.45) is 5.92 Å². The first kappa shape index (κ1) is 15.9. The largest absolute Gasteiger partial charge is 0.469 e. The molecule has 0 saturated carbocycles. The van der Waals surface area contributed by atoms with Crippen LogP contribution in [0.1, 0.15) is 12.8 Å². The van der Waals surface area contributed by atoms with Crippen LogP contribution in [0.2, 0.25) is 0 Å². The molecule has 8 heteroatoms. The second kappa shape index (κ2) is 6.54. The fourth-order valence-electron chi connectivity index (χ4n) is 2.48. The minimum absolute atomic E-state index is 0.147. The quantitative estimate of drug-likeness (QED) is 0.333. The molecule has 1 aliphatic heterocycles. The van der Waals surface area contributed by atoms with Gasteiger partial charge in [0.05, 0.1) is 21.5 Å². The number of rotatable bonds is 3. The predicted molar refractivity (Wildman–Crippen MR) is 82.7 cm³/mol. The highest BCUT2D eigenvalue weighted by atomic mass is 127. The maximum Gasteiger partial charge on any atom is 0.310 e. The van der Waals surface area contributed by atoms with Gasteiger partial charge in [-0.25, -0.2) is 4.39 Å². The zero-order valence-corrected chi connectivity index (χ0v) is 13.5. The Labute approximate surface area is 134 Å². The number of hydrogen-bond donors (Lipinski definition) is 0. The third-order valence-electron chi connectivity index (χ3n) is 3.51. The van der Waals surface area contributed by atoms with E-state index in [4.69, 9.17) is 4.74 Å². The van der Waals surface area contributed by atoms with E-state index in [2.05, 4.69) is 0 Å². The van der Waals surface area contributed by atoms with Crippen molar-refractivity contribution < 1.29 is 18.8 Å². The standard InChI is InChI=1S/C13H14FIN2O4/c1-21-13(18)8-3-2-4-16(7-8)11-5-9(14)10(15)6-12(11)17(19)20/h5-6,8H,2-4,7H2,1H3. The zero-order chi connectivity index (χ0) is 15.6. The van der Waals surface area contributed by atoms with E-state index in [1.54, 1.807) is 27.5 Å². The molecule has 0 amide bonds. The van der Waals surface area contributed by atoms with E-state index in [0.717, 1.165) is 0 Å². The first-order valence-electron chi connectivity index (χ1n) is 6.40. The number of methoxy groups -OCH3 is 1. The molecule has 0 N–H and O–H groups in total. The molecule has 1 fully saturated rings. The zero-order valence-electron chi connectivity index (χ0n) is 11.3. The number of halogens is 2.